The third kappa shape index (κ3) is 1.50. The maximum absolute atomic E-state index is 13.2. The van der Waals surface area contributed by atoms with Crippen LogP contribution in [0, 0.1) is 12.7 Å². The number of benzene rings is 1. The average molecular weight is 153 g/mol. The molecule has 0 fully saturated rings. The summed E-state index contributed by atoms with van der Waals surface area (Å²) in [5.74, 6) is -0.127. The normalized spacial score (nSPS) is 9.82. The molecule has 0 N–H and O–H groups in total. The molecule has 1 nitrogen and oxygen atoms in total. The molecule has 0 aromatic heterocycles. The van der Waals surface area contributed by atoms with Gasteiger partial charge in [0.2, 0.25) is 0 Å². The van der Waals surface area contributed by atoms with Crippen molar-refractivity contribution in [2.75, 3.05) is 19.0 Å². The van der Waals surface area contributed by atoms with Gasteiger partial charge in [0.15, 0.2) is 0 Å². The molecule has 0 radical (unpaired) electrons. The van der Waals surface area contributed by atoms with E-state index in [-0.39, 0.29) is 5.82 Å². The van der Waals surface area contributed by atoms with Gasteiger partial charge in [-0.1, -0.05) is 12.1 Å². The Kier molecular flexibility index (Phi) is 2.13. The average Bonchev–Trinajstić information content (AvgIpc) is 1.94. The SMILES string of the molecule is Cc1cccc(N(C)C)c1F. The minimum Gasteiger partial charge on any atom is -0.375 e. The van der Waals surface area contributed by atoms with Crippen molar-refractivity contribution in [3.8, 4) is 0 Å². The Balaban J connectivity index is 3.17. The molecule has 0 aliphatic heterocycles. The number of aryl methyl sites for hydroxylation is 1. The number of nitrogens with zero attached hydrogens (tertiary/aromatic N) is 1. The first-order valence-corrected chi connectivity index (χ1v) is 3.55. The van der Waals surface area contributed by atoms with Crippen LogP contribution >= 0.6 is 0 Å². The second-order valence-corrected chi connectivity index (χ2v) is 2.80. The first-order chi connectivity index (χ1) is 5.13. The van der Waals surface area contributed by atoms with E-state index >= 15 is 0 Å². The highest BCUT2D eigenvalue weighted by Crippen LogP contribution is 2.18. The molecular weight excluding hydrogens is 141 g/mol. The third-order valence-electron chi connectivity index (χ3n) is 1.65. The Hall–Kier alpha value is -1.05. The van der Waals surface area contributed by atoms with Gasteiger partial charge in [0.1, 0.15) is 5.82 Å². The molecule has 1 aromatic carbocycles. The van der Waals surface area contributed by atoms with Crippen molar-refractivity contribution < 1.29 is 4.39 Å². The molecule has 0 saturated carbocycles. The third-order valence-corrected chi connectivity index (χ3v) is 1.65. The van der Waals surface area contributed by atoms with Crippen molar-refractivity contribution in [1.29, 1.82) is 0 Å². The zero-order chi connectivity index (χ0) is 8.43. The molecule has 0 bridgehead atoms. The van der Waals surface area contributed by atoms with Gasteiger partial charge in [0, 0.05) is 14.1 Å². The van der Waals surface area contributed by atoms with Gasteiger partial charge in [-0.25, -0.2) is 4.39 Å². The van der Waals surface area contributed by atoms with Gasteiger partial charge in [-0.05, 0) is 18.6 Å². The summed E-state index contributed by atoms with van der Waals surface area (Å²) in [6.07, 6.45) is 0. The van der Waals surface area contributed by atoms with Gasteiger partial charge in [-0.3, -0.25) is 0 Å². The van der Waals surface area contributed by atoms with E-state index in [2.05, 4.69) is 0 Å². The Labute approximate surface area is 66.5 Å². The summed E-state index contributed by atoms with van der Waals surface area (Å²) in [6.45, 7) is 1.77. The largest absolute Gasteiger partial charge is 0.375 e. The standard InChI is InChI=1S/C9H12FN/c1-7-5-4-6-8(9(7)10)11(2)3/h4-6H,1-3H3. The van der Waals surface area contributed by atoms with E-state index in [1.54, 1.807) is 24.0 Å². The van der Waals surface area contributed by atoms with Gasteiger partial charge < -0.3 is 4.90 Å². The molecule has 11 heavy (non-hydrogen) atoms. The Morgan fingerprint density at radius 2 is 1.91 bits per heavy atom. The predicted octanol–water partition coefficient (Wildman–Crippen LogP) is 2.20. The van der Waals surface area contributed by atoms with Gasteiger partial charge in [-0.15, -0.1) is 0 Å². The van der Waals surface area contributed by atoms with Gasteiger partial charge in [-0.2, -0.15) is 0 Å². The maximum atomic E-state index is 13.2. The fraction of sp³-hybridized carbons (Fsp3) is 0.333. The number of anilines is 1. The van der Waals surface area contributed by atoms with Crippen molar-refractivity contribution in [3.05, 3.63) is 29.6 Å². The highest BCUT2D eigenvalue weighted by atomic mass is 19.1. The first kappa shape index (κ1) is 8.05. The molecule has 0 saturated heterocycles. The highest BCUT2D eigenvalue weighted by Gasteiger charge is 2.04. The van der Waals surface area contributed by atoms with Crippen LogP contribution in [-0.2, 0) is 0 Å². The second-order valence-electron chi connectivity index (χ2n) is 2.80. The Bertz CT molecular complexity index is 256. The van der Waals surface area contributed by atoms with Crippen molar-refractivity contribution in [3.63, 3.8) is 0 Å². The molecule has 60 valence electrons. The number of halogens is 1. The molecule has 1 aromatic rings. The van der Waals surface area contributed by atoms with Gasteiger partial charge >= 0.3 is 0 Å². The zero-order valence-electron chi connectivity index (χ0n) is 7.06. The summed E-state index contributed by atoms with van der Waals surface area (Å²) < 4.78 is 13.2. The zero-order valence-corrected chi connectivity index (χ0v) is 7.06. The second kappa shape index (κ2) is 2.91. The minimum absolute atomic E-state index is 0.127. The lowest BCUT2D eigenvalue weighted by atomic mass is 10.2. The summed E-state index contributed by atoms with van der Waals surface area (Å²) in [4.78, 5) is 1.77. The van der Waals surface area contributed by atoms with Crippen LogP contribution in [0.2, 0.25) is 0 Å². The van der Waals surface area contributed by atoms with Gasteiger partial charge in [0.25, 0.3) is 0 Å². The van der Waals surface area contributed by atoms with E-state index in [0.717, 1.165) is 0 Å². The van der Waals surface area contributed by atoms with E-state index in [4.69, 9.17) is 0 Å². The molecule has 0 heterocycles. The topological polar surface area (TPSA) is 3.24 Å². The molecule has 0 unspecified atom stereocenters. The molecule has 0 aliphatic rings. The number of hydrogen-bond donors (Lipinski definition) is 0. The lowest BCUT2D eigenvalue weighted by molar-refractivity contribution is 0.617. The van der Waals surface area contributed by atoms with Crippen LogP contribution in [0.3, 0.4) is 0 Å². The first-order valence-electron chi connectivity index (χ1n) is 3.55. The number of rotatable bonds is 1. The fourth-order valence-corrected chi connectivity index (χ4v) is 0.977. The maximum Gasteiger partial charge on any atom is 0.149 e. The molecule has 0 aliphatic carbocycles. The van der Waals surface area contributed by atoms with Gasteiger partial charge in [0.05, 0.1) is 5.69 Å². The van der Waals surface area contributed by atoms with Crippen molar-refractivity contribution in [1.82, 2.24) is 0 Å². The van der Waals surface area contributed by atoms with Crippen LogP contribution in [0.4, 0.5) is 10.1 Å². The summed E-state index contributed by atoms with van der Waals surface area (Å²) >= 11 is 0. The van der Waals surface area contributed by atoms with Crippen molar-refractivity contribution in [2.45, 2.75) is 6.92 Å². The van der Waals surface area contributed by atoms with E-state index < -0.39 is 0 Å². The lowest BCUT2D eigenvalue weighted by Crippen LogP contribution is -2.10. The molecule has 2 heteroatoms. The predicted molar refractivity (Wildman–Crippen MR) is 45.5 cm³/mol. The molecule has 1 rings (SSSR count). The summed E-state index contributed by atoms with van der Waals surface area (Å²) in [6, 6.07) is 5.39. The van der Waals surface area contributed by atoms with E-state index in [1.807, 2.05) is 20.2 Å². The van der Waals surface area contributed by atoms with E-state index in [1.165, 1.54) is 0 Å². The quantitative estimate of drug-likeness (QED) is 0.597. The van der Waals surface area contributed by atoms with E-state index in [9.17, 15) is 4.39 Å². The molecule has 0 atom stereocenters. The summed E-state index contributed by atoms with van der Waals surface area (Å²) in [7, 11) is 3.66. The monoisotopic (exact) mass is 153 g/mol. The van der Waals surface area contributed by atoms with Crippen LogP contribution in [0.15, 0.2) is 18.2 Å². The van der Waals surface area contributed by atoms with Crippen LogP contribution < -0.4 is 4.90 Å². The van der Waals surface area contributed by atoms with Crippen LogP contribution in [0.1, 0.15) is 5.56 Å². The lowest BCUT2D eigenvalue weighted by Gasteiger charge is -2.13. The van der Waals surface area contributed by atoms with E-state index in [0.29, 0.717) is 11.3 Å². The highest BCUT2D eigenvalue weighted by molar-refractivity contribution is 5.48. The Morgan fingerprint density at radius 3 is 2.36 bits per heavy atom. The van der Waals surface area contributed by atoms with Crippen LogP contribution in [-0.4, -0.2) is 14.1 Å². The van der Waals surface area contributed by atoms with Crippen molar-refractivity contribution in [2.24, 2.45) is 0 Å². The van der Waals surface area contributed by atoms with Crippen LogP contribution in [0.5, 0.6) is 0 Å². The Morgan fingerprint density at radius 1 is 1.27 bits per heavy atom. The molecular formula is C9H12FN. The van der Waals surface area contributed by atoms with Crippen molar-refractivity contribution >= 4 is 5.69 Å². The minimum atomic E-state index is -0.127. The summed E-state index contributed by atoms with van der Waals surface area (Å²) in [5.41, 5.74) is 1.33. The van der Waals surface area contributed by atoms with Crippen LogP contribution in [0.25, 0.3) is 0 Å². The smallest absolute Gasteiger partial charge is 0.149 e. The molecule has 0 spiro atoms. The summed E-state index contributed by atoms with van der Waals surface area (Å²) in [5, 5.41) is 0. The molecule has 0 amide bonds. The fourth-order valence-electron chi connectivity index (χ4n) is 0.977. The number of hydrogen-bond acceptors (Lipinski definition) is 1.